The molecule has 1 aromatic carbocycles. The Morgan fingerprint density at radius 1 is 1.39 bits per heavy atom. The topological polar surface area (TPSA) is 64.8 Å². The van der Waals surface area contributed by atoms with Gasteiger partial charge in [0.05, 0.1) is 7.11 Å². The van der Waals surface area contributed by atoms with Crippen molar-refractivity contribution in [1.29, 1.82) is 0 Å². The number of ether oxygens (including phenoxy) is 1. The van der Waals surface area contributed by atoms with Crippen LogP contribution in [0.1, 0.15) is 18.5 Å². The lowest BCUT2D eigenvalue weighted by Gasteiger charge is -2.18. The number of rotatable bonds is 3. The molecule has 1 fully saturated rings. The van der Waals surface area contributed by atoms with E-state index < -0.39 is 12.1 Å². The van der Waals surface area contributed by atoms with Crippen LogP contribution >= 0.6 is 0 Å². The van der Waals surface area contributed by atoms with E-state index in [1.54, 1.807) is 38.3 Å². The van der Waals surface area contributed by atoms with E-state index in [0.29, 0.717) is 0 Å². The summed E-state index contributed by atoms with van der Waals surface area (Å²) in [6.07, 6.45) is -0.433. The molecule has 0 bridgehead atoms. The zero-order valence-corrected chi connectivity index (χ0v) is 10.6. The molecule has 1 aliphatic heterocycles. The van der Waals surface area contributed by atoms with Gasteiger partial charge in [-0.3, -0.25) is 15.0 Å². The average molecular weight is 252 g/mol. The van der Waals surface area contributed by atoms with Gasteiger partial charge in [0.25, 0.3) is 6.04 Å². The molecule has 0 saturated carbocycles. The molecule has 0 unspecified atom stereocenters. The minimum atomic E-state index is -0.761. The van der Waals surface area contributed by atoms with Gasteiger partial charge >= 0.3 is 0 Å². The molecule has 1 saturated heterocycles. The number of hydrogen-bond acceptors (Lipinski definition) is 5. The van der Waals surface area contributed by atoms with E-state index in [2.05, 4.69) is 0 Å². The molecular formula is C12H16N2O4. The third-order valence-electron chi connectivity index (χ3n) is 3.23. The van der Waals surface area contributed by atoms with Gasteiger partial charge in [0, 0.05) is 12.0 Å². The van der Waals surface area contributed by atoms with Gasteiger partial charge in [-0.15, -0.1) is 0 Å². The lowest BCUT2D eigenvalue weighted by Crippen LogP contribution is -2.33. The Morgan fingerprint density at radius 2 is 2.00 bits per heavy atom. The summed E-state index contributed by atoms with van der Waals surface area (Å²) in [5.41, 5.74) is 0.851. The highest BCUT2D eigenvalue weighted by molar-refractivity contribution is 5.30. The number of methoxy groups -OCH3 is 1. The van der Waals surface area contributed by atoms with Gasteiger partial charge in [-0.2, -0.15) is 5.06 Å². The van der Waals surface area contributed by atoms with Crippen molar-refractivity contribution in [2.24, 2.45) is 0 Å². The molecular weight excluding hydrogens is 236 g/mol. The van der Waals surface area contributed by atoms with Crippen molar-refractivity contribution < 1.29 is 14.5 Å². The maximum atomic E-state index is 11.1. The molecule has 1 aromatic rings. The molecule has 0 N–H and O–H groups in total. The normalized spacial score (nSPS) is 28.3. The molecule has 18 heavy (non-hydrogen) atoms. The second-order valence-electron chi connectivity index (χ2n) is 4.35. The van der Waals surface area contributed by atoms with E-state index in [4.69, 9.17) is 9.57 Å². The molecule has 6 heteroatoms. The highest BCUT2D eigenvalue weighted by Gasteiger charge is 2.48. The molecule has 0 spiro atoms. The van der Waals surface area contributed by atoms with E-state index in [1.165, 1.54) is 0 Å². The molecule has 2 rings (SSSR count). The van der Waals surface area contributed by atoms with Crippen LogP contribution in [0, 0.1) is 10.1 Å². The molecule has 0 radical (unpaired) electrons. The fourth-order valence-corrected chi connectivity index (χ4v) is 2.36. The van der Waals surface area contributed by atoms with Crippen molar-refractivity contribution in [2.75, 3.05) is 14.2 Å². The SMILES string of the molecule is COc1ccc([C@H]2[C@@H]([N+](=O)[O-])[C@H](C)ON2C)cc1. The number of hydroxylamine groups is 2. The lowest BCUT2D eigenvalue weighted by atomic mass is 9.97. The highest BCUT2D eigenvalue weighted by Crippen LogP contribution is 2.35. The minimum Gasteiger partial charge on any atom is -0.497 e. The largest absolute Gasteiger partial charge is 0.497 e. The third kappa shape index (κ3) is 2.16. The molecule has 0 aromatic heterocycles. The van der Waals surface area contributed by atoms with Crippen LogP contribution in [0.2, 0.25) is 0 Å². The van der Waals surface area contributed by atoms with Crippen LogP contribution in [0.5, 0.6) is 5.75 Å². The van der Waals surface area contributed by atoms with Gasteiger partial charge < -0.3 is 4.74 Å². The first-order chi connectivity index (χ1) is 8.54. The summed E-state index contributed by atoms with van der Waals surface area (Å²) in [6.45, 7) is 1.72. The maximum absolute atomic E-state index is 11.1. The van der Waals surface area contributed by atoms with E-state index in [1.807, 2.05) is 12.1 Å². The van der Waals surface area contributed by atoms with Gasteiger partial charge in [-0.1, -0.05) is 12.1 Å². The van der Waals surface area contributed by atoms with Crippen molar-refractivity contribution in [3.63, 3.8) is 0 Å². The molecule has 3 atom stereocenters. The average Bonchev–Trinajstić information content (AvgIpc) is 2.64. The van der Waals surface area contributed by atoms with Gasteiger partial charge in [0.2, 0.25) is 0 Å². The van der Waals surface area contributed by atoms with Crippen molar-refractivity contribution in [3.8, 4) is 5.75 Å². The molecule has 1 heterocycles. The molecule has 0 amide bonds. The summed E-state index contributed by atoms with van der Waals surface area (Å²) in [7, 11) is 3.30. The van der Waals surface area contributed by atoms with Crippen molar-refractivity contribution in [3.05, 3.63) is 39.9 Å². The zero-order valence-electron chi connectivity index (χ0n) is 10.6. The first kappa shape index (κ1) is 12.8. The summed E-state index contributed by atoms with van der Waals surface area (Å²) in [6, 6.07) is 6.12. The van der Waals surface area contributed by atoms with Crippen LogP contribution in [-0.4, -0.2) is 36.3 Å². The van der Waals surface area contributed by atoms with Crippen molar-refractivity contribution >= 4 is 0 Å². The molecule has 1 aliphatic rings. The first-order valence-corrected chi connectivity index (χ1v) is 5.71. The Hall–Kier alpha value is -1.66. The Morgan fingerprint density at radius 3 is 2.50 bits per heavy atom. The Balaban J connectivity index is 2.31. The predicted octanol–water partition coefficient (Wildman–Crippen LogP) is 1.65. The van der Waals surface area contributed by atoms with Crippen LogP contribution in [0.4, 0.5) is 0 Å². The summed E-state index contributed by atoms with van der Waals surface area (Å²) in [5.74, 6) is 0.728. The second-order valence-corrected chi connectivity index (χ2v) is 4.35. The standard InChI is InChI=1S/C12H16N2O4/c1-8-11(14(15)16)12(13(2)18-8)9-4-6-10(17-3)7-5-9/h4-8,11-12H,1-3H3/t8-,11-,12-/m0/s1. The summed E-state index contributed by atoms with van der Waals surface area (Å²) < 4.78 is 5.08. The first-order valence-electron chi connectivity index (χ1n) is 5.71. The van der Waals surface area contributed by atoms with Crippen LogP contribution in [0.3, 0.4) is 0 Å². The number of nitrogens with zero attached hydrogens (tertiary/aromatic N) is 2. The quantitative estimate of drug-likeness (QED) is 0.604. The van der Waals surface area contributed by atoms with Crippen LogP contribution in [-0.2, 0) is 4.84 Å². The molecule has 98 valence electrons. The van der Waals surface area contributed by atoms with Gasteiger partial charge in [0.15, 0.2) is 0 Å². The predicted molar refractivity (Wildman–Crippen MR) is 64.8 cm³/mol. The number of benzene rings is 1. The lowest BCUT2D eigenvalue weighted by molar-refractivity contribution is -0.529. The van der Waals surface area contributed by atoms with E-state index in [9.17, 15) is 10.1 Å². The van der Waals surface area contributed by atoms with E-state index >= 15 is 0 Å². The Labute approximate surface area is 105 Å². The van der Waals surface area contributed by atoms with Gasteiger partial charge in [-0.25, -0.2) is 0 Å². The Bertz CT molecular complexity index is 434. The number of likely N-dealkylation sites (N-methyl/N-ethyl adjacent to an activating group) is 1. The van der Waals surface area contributed by atoms with Crippen molar-refractivity contribution in [2.45, 2.75) is 25.1 Å². The smallest absolute Gasteiger partial charge is 0.262 e. The number of nitro groups is 1. The zero-order chi connectivity index (χ0) is 13.3. The van der Waals surface area contributed by atoms with Crippen LogP contribution in [0.15, 0.2) is 24.3 Å². The van der Waals surface area contributed by atoms with Crippen molar-refractivity contribution in [1.82, 2.24) is 5.06 Å². The van der Waals surface area contributed by atoms with Crippen LogP contribution in [0.25, 0.3) is 0 Å². The maximum Gasteiger partial charge on any atom is 0.262 e. The summed E-state index contributed by atoms with van der Waals surface area (Å²) >= 11 is 0. The monoisotopic (exact) mass is 252 g/mol. The summed E-state index contributed by atoms with van der Waals surface area (Å²) in [5, 5.41) is 12.7. The van der Waals surface area contributed by atoms with E-state index in [0.717, 1.165) is 11.3 Å². The molecule has 0 aliphatic carbocycles. The fourth-order valence-electron chi connectivity index (χ4n) is 2.36. The third-order valence-corrected chi connectivity index (χ3v) is 3.23. The fraction of sp³-hybridized carbons (Fsp3) is 0.500. The summed E-state index contributed by atoms with van der Waals surface area (Å²) in [4.78, 5) is 16.3. The Kier molecular flexibility index (Phi) is 3.49. The molecule has 6 nitrogen and oxygen atoms in total. The number of hydrogen-bond donors (Lipinski definition) is 0. The van der Waals surface area contributed by atoms with E-state index in [-0.39, 0.29) is 11.0 Å². The highest BCUT2D eigenvalue weighted by atomic mass is 16.7. The van der Waals surface area contributed by atoms with Gasteiger partial charge in [-0.05, 0) is 24.6 Å². The van der Waals surface area contributed by atoms with Crippen LogP contribution < -0.4 is 4.74 Å². The minimum absolute atomic E-state index is 0.275. The van der Waals surface area contributed by atoms with Gasteiger partial charge in [0.1, 0.15) is 17.9 Å². The second kappa shape index (κ2) is 4.91.